The van der Waals surface area contributed by atoms with Gasteiger partial charge in [-0.3, -0.25) is 9.59 Å². The summed E-state index contributed by atoms with van der Waals surface area (Å²) in [5.41, 5.74) is 3.85. The van der Waals surface area contributed by atoms with Crippen LogP contribution in [0.15, 0.2) is 51.9 Å². The molecule has 2 aromatic carbocycles. The SMILES string of the molecule is Cc1ccc2c(CC(=O)OCC(=O)Nc3ccc4[nH]c(=O)[nH]c4c3)coc2c1. The third kappa shape index (κ3) is 3.66. The lowest BCUT2D eigenvalue weighted by Crippen LogP contribution is -2.21. The molecule has 0 spiro atoms. The topological polar surface area (TPSA) is 117 Å². The summed E-state index contributed by atoms with van der Waals surface area (Å²) in [6, 6.07) is 10.7. The number of rotatable bonds is 5. The van der Waals surface area contributed by atoms with Crippen molar-refractivity contribution in [2.24, 2.45) is 0 Å². The zero-order valence-electron chi connectivity index (χ0n) is 15.0. The minimum Gasteiger partial charge on any atom is -0.464 e. The quantitative estimate of drug-likeness (QED) is 0.461. The Morgan fingerprint density at radius 3 is 2.79 bits per heavy atom. The summed E-state index contributed by atoms with van der Waals surface area (Å²) in [6.45, 7) is 1.55. The number of furan rings is 1. The van der Waals surface area contributed by atoms with Gasteiger partial charge in [0.05, 0.1) is 23.7 Å². The number of fused-ring (bicyclic) bond motifs is 2. The lowest BCUT2D eigenvalue weighted by Gasteiger charge is -2.06. The van der Waals surface area contributed by atoms with Crippen LogP contribution in [-0.2, 0) is 20.7 Å². The van der Waals surface area contributed by atoms with Crippen molar-refractivity contribution < 1.29 is 18.7 Å². The number of aromatic amines is 2. The fraction of sp³-hybridized carbons (Fsp3) is 0.150. The standard InChI is InChI=1S/C20H17N3O5/c1-11-2-4-14-12(9-27-17(14)6-11)7-19(25)28-10-18(24)21-13-3-5-15-16(8-13)23-20(26)22-15/h2-6,8-9H,7,10H2,1H3,(H,21,24)(H2,22,23,26). The molecule has 0 aliphatic carbocycles. The van der Waals surface area contributed by atoms with Crippen LogP contribution >= 0.6 is 0 Å². The third-order valence-electron chi connectivity index (χ3n) is 4.31. The molecule has 8 nitrogen and oxygen atoms in total. The van der Waals surface area contributed by atoms with Gasteiger partial charge in [0.25, 0.3) is 5.91 Å². The van der Waals surface area contributed by atoms with Crippen LogP contribution in [0.2, 0.25) is 0 Å². The maximum Gasteiger partial charge on any atom is 0.323 e. The molecule has 0 aliphatic heterocycles. The summed E-state index contributed by atoms with van der Waals surface area (Å²) in [4.78, 5) is 40.6. The molecule has 2 heterocycles. The van der Waals surface area contributed by atoms with E-state index in [1.165, 1.54) is 6.26 Å². The van der Waals surface area contributed by atoms with Crippen LogP contribution in [-0.4, -0.2) is 28.5 Å². The summed E-state index contributed by atoms with van der Waals surface area (Å²) >= 11 is 0. The first-order valence-corrected chi connectivity index (χ1v) is 8.62. The van der Waals surface area contributed by atoms with Crippen molar-refractivity contribution in [2.75, 3.05) is 11.9 Å². The Hall–Kier alpha value is -3.81. The summed E-state index contributed by atoms with van der Waals surface area (Å²) in [7, 11) is 0. The lowest BCUT2D eigenvalue weighted by molar-refractivity contribution is -0.146. The van der Waals surface area contributed by atoms with Crippen LogP contribution < -0.4 is 11.0 Å². The first-order valence-electron chi connectivity index (χ1n) is 8.62. The van der Waals surface area contributed by atoms with Gasteiger partial charge in [0, 0.05) is 16.6 Å². The predicted molar refractivity (Wildman–Crippen MR) is 103 cm³/mol. The van der Waals surface area contributed by atoms with Crippen molar-refractivity contribution in [3.8, 4) is 0 Å². The number of benzene rings is 2. The molecule has 3 N–H and O–H groups in total. The van der Waals surface area contributed by atoms with Crippen molar-refractivity contribution in [3.05, 3.63) is 64.3 Å². The van der Waals surface area contributed by atoms with Gasteiger partial charge in [-0.05, 0) is 36.8 Å². The highest BCUT2D eigenvalue weighted by molar-refractivity contribution is 5.95. The number of carbonyl (C=O) groups excluding carboxylic acids is 2. The molecule has 0 bridgehead atoms. The third-order valence-corrected chi connectivity index (χ3v) is 4.31. The highest BCUT2D eigenvalue weighted by Crippen LogP contribution is 2.23. The number of aromatic nitrogens is 2. The van der Waals surface area contributed by atoms with Crippen LogP contribution in [0.1, 0.15) is 11.1 Å². The Bertz CT molecular complexity index is 1250. The molecule has 0 saturated carbocycles. The van der Waals surface area contributed by atoms with E-state index in [4.69, 9.17) is 9.15 Å². The van der Waals surface area contributed by atoms with Gasteiger partial charge in [-0.2, -0.15) is 0 Å². The van der Waals surface area contributed by atoms with E-state index >= 15 is 0 Å². The molecule has 4 rings (SSSR count). The molecule has 4 aromatic rings. The number of esters is 1. The van der Waals surface area contributed by atoms with Crippen molar-refractivity contribution >= 4 is 39.6 Å². The average molecular weight is 379 g/mol. The maximum absolute atomic E-state index is 12.1. The van der Waals surface area contributed by atoms with Crippen LogP contribution in [0, 0.1) is 6.92 Å². The molecule has 142 valence electrons. The second-order valence-corrected chi connectivity index (χ2v) is 6.49. The van der Waals surface area contributed by atoms with Crippen molar-refractivity contribution in [3.63, 3.8) is 0 Å². The van der Waals surface area contributed by atoms with Crippen LogP contribution in [0.3, 0.4) is 0 Å². The van der Waals surface area contributed by atoms with Crippen molar-refractivity contribution in [2.45, 2.75) is 13.3 Å². The van der Waals surface area contributed by atoms with E-state index in [-0.39, 0.29) is 12.1 Å². The van der Waals surface area contributed by atoms with Crippen molar-refractivity contribution in [1.29, 1.82) is 0 Å². The number of H-pyrrole nitrogens is 2. The van der Waals surface area contributed by atoms with E-state index in [9.17, 15) is 14.4 Å². The normalized spacial score (nSPS) is 11.0. The van der Waals surface area contributed by atoms with Gasteiger partial charge in [-0.1, -0.05) is 12.1 Å². The van der Waals surface area contributed by atoms with Gasteiger partial charge < -0.3 is 24.4 Å². The van der Waals surface area contributed by atoms with E-state index < -0.39 is 18.5 Å². The molecular weight excluding hydrogens is 362 g/mol. The average Bonchev–Trinajstić information content (AvgIpc) is 3.21. The zero-order chi connectivity index (χ0) is 19.7. The van der Waals surface area contributed by atoms with Gasteiger partial charge in [0.1, 0.15) is 5.58 Å². The minimum absolute atomic E-state index is 0.0138. The molecule has 0 unspecified atom stereocenters. The number of nitrogens with one attached hydrogen (secondary N) is 3. The monoisotopic (exact) mass is 379 g/mol. The number of hydrogen-bond acceptors (Lipinski definition) is 5. The molecular formula is C20H17N3O5. The van der Waals surface area contributed by atoms with E-state index in [1.807, 2.05) is 25.1 Å². The van der Waals surface area contributed by atoms with E-state index in [0.29, 0.717) is 27.9 Å². The smallest absolute Gasteiger partial charge is 0.323 e. The molecule has 0 radical (unpaired) electrons. The Morgan fingerprint density at radius 2 is 1.93 bits per heavy atom. The molecule has 0 fully saturated rings. The fourth-order valence-corrected chi connectivity index (χ4v) is 2.99. The first-order chi connectivity index (χ1) is 13.5. The van der Waals surface area contributed by atoms with Gasteiger partial charge in [0.2, 0.25) is 0 Å². The van der Waals surface area contributed by atoms with E-state index in [2.05, 4.69) is 15.3 Å². The zero-order valence-corrected chi connectivity index (χ0v) is 15.0. The van der Waals surface area contributed by atoms with Gasteiger partial charge in [0.15, 0.2) is 6.61 Å². The molecule has 8 heteroatoms. The molecule has 2 aromatic heterocycles. The molecule has 28 heavy (non-hydrogen) atoms. The summed E-state index contributed by atoms with van der Waals surface area (Å²) in [6.07, 6.45) is 1.54. The molecule has 1 amide bonds. The van der Waals surface area contributed by atoms with Crippen molar-refractivity contribution in [1.82, 2.24) is 9.97 Å². The number of imidazole rings is 1. The highest BCUT2D eigenvalue weighted by Gasteiger charge is 2.13. The number of ether oxygens (including phenoxy) is 1. The first kappa shape index (κ1) is 17.6. The fourth-order valence-electron chi connectivity index (χ4n) is 2.99. The largest absolute Gasteiger partial charge is 0.464 e. The second-order valence-electron chi connectivity index (χ2n) is 6.49. The maximum atomic E-state index is 12.1. The summed E-state index contributed by atoms with van der Waals surface area (Å²) < 4.78 is 10.5. The Balaban J connectivity index is 1.34. The Morgan fingerprint density at radius 1 is 1.11 bits per heavy atom. The minimum atomic E-state index is -0.524. The number of hydrogen-bond donors (Lipinski definition) is 3. The summed E-state index contributed by atoms with van der Waals surface area (Å²) in [5, 5.41) is 3.47. The lowest BCUT2D eigenvalue weighted by atomic mass is 10.1. The number of amides is 1. The Kier molecular flexibility index (Phi) is 4.44. The molecule has 0 saturated heterocycles. The van der Waals surface area contributed by atoms with E-state index in [0.717, 1.165) is 10.9 Å². The number of aryl methyl sites for hydroxylation is 1. The van der Waals surface area contributed by atoms with Crippen LogP contribution in [0.4, 0.5) is 5.69 Å². The van der Waals surface area contributed by atoms with Crippen LogP contribution in [0.25, 0.3) is 22.0 Å². The number of carbonyl (C=O) groups is 2. The summed E-state index contributed by atoms with van der Waals surface area (Å²) in [5.74, 6) is -0.998. The highest BCUT2D eigenvalue weighted by atomic mass is 16.5. The van der Waals surface area contributed by atoms with Crippen LogP contribution in [0.5, 0.6) is 0 Å². The van der Waals surface area contributed by atoms with E-state index in [1.54, 1.807) is 18.2 Å². The molecule has 0 aliphatic rings. The van der Waals surface area contributed by atoms with Gasteiger partial charge in [-0.15, -0.1) is 0 Å². The second kappa shape index (κ2) is 7.07. The Labute approximate surface area is 158 Å². The predicted octanol–water partition coefficient (Wildman–Crippen LogP) is 2.64. The van der Waals surface area contributed by atoms with Gasteiger partial charge >= 0.3 is 11.7 Å². The number of anilines is 1. The molecule has 0 atom stereocenters. The van der Waals surface area contributed by atoms with Gasteiger partial charge in [-0.25, -0.2) is 4.79 Å².